The molecule has 2 aromatic carbocycles. The lowest BCUT2D eigenvalue weighted by Gasteiger charge is -2.00. The van der Waals surface area contributed by atoms with Gasteiger partial charge in [0.05, 0.1) is 20.5 Å². The minimum atomic E-state index is -0.498. The van der Waals surface area contributed by atoms with E-state index in [4.69, 9.17) is 16.0 Å². The SMILES string of the molecule is CCc1ccc(N=C2NC(=O)/C(=C/c3ccc(-c4cc([N+](=O)[O-])ccc4Cl)o3)S2)cc1. The van der Waals surface area contributed by atoms with Crippen LogP contribution < -0.4 is 5.32 Å². The summed E-state index contributed by atoms with van der Waals surface area (Å²) < 4.78 is 5.76. The number of aliphatic imine (C=N–C) groups is 1. The third-order valence-corrected chi connectivity index (χ3v) is 5.79. The Balaban J connectivity index is 1.55. The lowest BCUT2D eigenvalue weighted by Crippen LogP contribution is -2.19. The van der Waals surface area contributed by atoms with Gasteiger partial charge in [-0.3, -0.25) is 14.9 Å². The van der Waals surface area contributed by atoms with Crippen LogP contribution in [0.4, 0.5) is 11.4 Å². The second-order valence-electron chi connectivity index (χ2n) is 6.63. The van der Waals surface area contributed by atoms with Gasteiger partial charge in [0, 0.05) is 23.8 Å². The number of halogens is 1. The number of benzene rings is 2. The molecule has 0 aliphatic carbocycles. The quantitative estimate of drug-likeness (QED) is 0.292. The van der Waals surface area contributed by atoms with Gasteiger partial charge in [0.1, 0.15) is 11.5 Å². The number of thioether (sulfide) groups is 1. The lowest BCUT2D eigenvalue weighted by atomic mass is 10.1. The molecule has 31 heavy (non-hydrogen) atoms. The smallest absolute Gasteiger partial charge is 0.270 e. The maximum atomic E-state index is 12.3. The van der Waals surface area contributed by atoms with E-state index in [9.17, 15) is 14.9 Å². The van der Waals surface area contributed by atoms with Crippen LogP contribution >= 0.6 is 23.4 Å². The Hall–Kier alpha value is -3.36. The Morgan fingerprint density at radius 3 is 2.68 bits per heavy atom. The van der Waals surface area contributed by atoms with E-state index >= 15 is 0 Å². The predicted octanol–water partition coefficient (Wildman–Crippen LogP) is 5.96. The highest BCUT2D eigenvalue weighted by atomic mass is 35.5. The van der Waals surface area contributed by atoms with Crippen molar-refractivity contribution in [2.24, 2.45) is 4.99 Å². The average molecular weight is 454 g/mol. The van der Waals surface area contributed by atoms with Crippen molar-refractivity contribution in [2.75, 3.05) is 0 Å². The number of nitro groups is 1. The number of nitrogens with zero attached hydrogens (tertiary/aromatic N) is 2. The maximum Gasteiger partial charge on any atom is 0.270 e. The molecule has 0 bridgehead atoms. The summed E-state index contributed by atoms with van der Waals surface area (Å²) >= 11 is 7.38. The highest BCUT2D eigenvalue weighted by molar-refractivity contribution is 8.18. The zero-order valence-corrected chi connectivity index (χ0v) is 17.9. The molecule has 0 unspecified atom stereocenters. The number of carbonyl (C=O) groups is 1. The summed E-state index contributed by atoms with van der Waals surface area (Å²) in [7, 11) is 0. The van der Waals surface area contributed by atoms with E-state index in [0.717, 1.165) is 12.1 Å². The molecule has 0 atom stereocenters. The van der Waals surface area contributed by atoms with Gasteiger partial charge in [0.2, 0.25) is 0 Å². The molecule has 2 heterocycles. The van der Waals surface area contributed by atoms with Crippen LogP contribution in [0.3, 0.4) is 0 Å². The first kappa shape index (κ1) is 20.9. The van der Waals surface area contributed by atoms with Crippen molar-refractivity contribution in [2.45, 2.75) is 13.3 Å². The topological polar surface area (TPSA) is 97.7 Å². The van der Waals surface area contributed by atoms with Gasteiger partial charge >= 0.3 is 0 Å². The second-order valence-corrected chi connectivity index (χ2v) is 8.06. The molecule has 7 nitrogen and oxygen atoms in total. The van der Waals surface area contributed by atoms with Gasteiger partial charge < -0.3 is 9.73 Å². The summed E-state index contributed by atoms with van der Waals surface area (Å²) in [5.41, 5.74) is 2.28. The van der Waals surface area contributed by atoms with Crippen LogP contribution in [-0.2, 0) is 11.2 Å². The standard InChI is InChI=1S/C22H16ClN3O4S/c1-2-13-3-5-14(6-4-13)24-22-25-21(27)20(31-22)12-16-8-10-19(30-16)17-11-15(26(28)29)7-9-18(17)23/h3-12H,2H2,1H3,(H,24,25,27)/b20-12-. The summed E-state index contributed by atoms with van der Waals surface area (Å²) in [5, 5.41) is 14.6. The van der Waals surface area contributed by atoms with Crippen molar-refractivity contribution < 1.29 is 14.1 Å². The largest absolute Gasteiger partial charge is 0.457 e. The summed E-state index contributed by atoms with van der Waals surface area (Å²) in [5.74, 6) is 0.512. The van der Waals surface area contributed by atoms with Crippen molar-refractivity contribution in [1.29, 1.82) is 0 Å². The highest BCUT2D eigenvalue weighted by Gasteiger charge is 2.24. The fourth-order valence-corrected chi connectivity index (χ4v) is 3.96. The summed E-state index contributed by atoms with van der Waals surface area (Å²) in [6.45, 7) is 2.08. The molecule has 1 aliphatic rings. The Morgan fingerprint density at radius 2 is 1.97 bits per heavy atom. The molecule has 156 valence electrons. The van der Waals surface area contributed by atoms with E-state index in [1.165, 1.54) is 35.5 Å². The molecule has 0 radical (unpaired) electrons. The van der Waals surface area contributed by atoms with Crippen LogP contribution in [0, 0.1) is 10.1 Å². The number of hydrogen-bond donors (Lipinski definition) is 1. The van der Waals surface area contributed by atoms with Crippen molar-refractivity contribution >= 4 is 51.9 Å². The van der Waals surface area contributed by atoms with Crippen molar-refractivity contribution in [1.82, 2.24) is 5.32 Å². The molecule has 4 rings (SSSR count). The van der Waals surface area contributed by atoms with Crippen molar-refractivity contribution in [3.8, 4) is 11.3 Å². The number of aryl methyl sites for hydroxylation is 1. The molecule has 1 N–H and O–H groups in total. The third kappa shape index (κ3) is 4.70. The van der Waals surface area contributed by atoms with Crippen molar-refractivity contribution in [3.63, 3.8) is 0 Å². The lowest BCUT2D eigenvalue weighted by molar-refractivity contribution is -0.384. The van der Waals surface area contributed by atoms with Gasteiger partial charge in [0.25, 0.3) is 11.6 Å². The van der Waals surface area contributed by atoms with Gasteiger partial charge in [-0.1, -0.05) is 30.7 Å². The molecular formula is C22H16ClN3O4S. The van der Waals surface area contributed by atoms with Gasteiger partial charge in [-0.2, -0.15) is 0 Å². The fraction of sp³-hybridized carbons (Fsp3) is 0.0909. The zero-order valence-electron chi connectivity index (χ0n) is 16.3. The Bertz CT molecular complexity index is 1230. The first-order valence-corrected chi connectivity index (χ1v) is 10.5. The number of nitro benzene ring substituents is 1. The minimum absolute atomic E-state index is 0.0887. The number of hydrogen-bond acceptors (Lipinski definition) is 6. The van der Waals surface area contributed by atoms with Gasteiger partial charge in [-0.05, 0) is 54.1 Å². The molecule has 0 spiro atoms. The number of nitrogens with one attached hydrogen (secondary N) is 1. The van der Waals surface area contributed by atoms with Crippen LogP contribution in [0.25, 0.3) is 17.4 Å². The number of amides is 1. The minimum Gasteiger partial charge on any atom is -0.457 e. The molecular weight excluding hydrogens is 438 g/mol. The number of non-ortho nitro benzene ring substituents is 1. The summed E-state index contributed by atoms with van der Waals surface area (Å²) in [6, 6.07) is 15.3. The van der Waals surface area contributed by atoms with Crippen LogP contribution in [0.1, 0.15) is 18.2 Å². The first-order chi connectivity index (χ1) is 14.9. The third-order valence-electron chi connectivity index (χ3n) is 4.55. The Kier molecular flexibility index (Phi) is 5.92. The van der Waals surface area contributed by atoms with Crippen LogP contribution in [0.2, 0.25) is 5.02 Å². The van der Waals surface area contributed by atoms with E-state index in [-0.39, 0.29) is 11.6 Å². The maximum absolute atomic E-state index is 12.3. The van der Waals surface area contributed by atoms with E-state index in [1.54, 1.807) is 18.2 Å². The monoisotopic (exact) mass is 453 g/mol. The number of amidine groups is 1. The van der Waals surface area contributed by atoms with Crippen molar-refractivity contribution in [3.05, 3.63) is 86.0 Å². The average Bonchev–Trinajstić information content (AvgIpc) is 3.35. The van der Waals surface area contributed by atoms with Crippen LogP contribution in [0.5, 0.6) is 0 Å². The molecule has 1 aromatic heterocycles. The molecule has 1 aliphatic heterocycles. The molecule has 1 fully saturated rings. The van der Waals surface area contributed by atoms with E-state index < -0.39 is 4.92 Å². The van der Waals surface area contributed by atoms with Crippen LogP contribution in [-0.4, -0.2) is 16.0 Å². The molecule has 0 saturated carbocycles. The number of furan rings is 1. The zero-order chi connectivity index (χ0) is 22.0. The van der Waals surface area contributed by atoms with Crippen LogP contribution in [0.15, 0.2) is 68.9 Å². The molecule has 3 aromatic rings. The second kappa shape index (κ2) is 8.79. The number of carbonyl (C=O) groups excluding carboxylic acids is 1. The molecule has 1 saturated heterocycles. The highest BCUT2D eigenvalue weighted by Crippen LogP contribution is 2.34. The van der Waals surface area contributed by atoms with Gasteiger partial charge in [-0.25, -0.2) is 4.99 Å². The summed E-state index contributed by atoms with van der Waals surface area (Å²) in [4.78, 5) is 27.7. The van der Waals surface area contributed by atoms with E-state index in [2.05, 4.69) is 17.2 Å². The van der Waals surface area contributed by atoms with Gasteiger partial charge in [0.15, 0.2) is 5.17 Å². The molecule has 1 amide bonds. The van der Waals surface area contributed by atoms with E-state index in [1.807, 2.05) is 24.3 Å². The molecule has 9 heteroatoms. The number of rotatable bonds is 5. The normalized spacial score (nSPS) is 16.1. The fourth-order valence-electron chi connectivity index (χ4n) is 2.92. The van der Waals surface area contributed by atoms with Gasteiger partial charge in [-0.15, -0.1) is 0 Å². The Morgan fingerprint density at radius 1 is 1.19 bits per heavy atom. The summed E-state index contributed by atoms with van der Waals surface area (Å²) in [6.07, 6.45) is 2.54. The Labute approximate surface area is 187 Å². The predicted molar refractivity (Wildman–Crippen MR) is 122 cm³/mol. The van der Waals surface area contributed by atoms with E-state index in [0.29, 0.717) is 32.2 Å². The first-order valence-electron chi connectivity index (χ1n) is 9.35.